The van der Waals surface area contributed by atoms with Crippen molar-refractivity contribution in [2.75, 3.05) is 7.11 Å². The summed E-state index contributed by atoms with van der Waals surface area (Å²) in [7, 11) is 1.19. The van der Waals surface area contributed by atoms with Gasteiger partial charge in [0.05, 0.1) is 12.6 Å². The summed E-state index contributed by atoms with van der Waals surface area (Å²) in [4.78, 5) is 25.1. The molecule has 6 heteroatoms. The molecule has 1 aliphatic carbocycles. The van der Waals surface area contributed by atoms with Crippen molar-refractivity contribution >= 4 is 16.9 Å². The third-order valence-corrected chi connectivity index (χ3v) is 5.04. The lowest BCUT2D eigenvalue weighted by molar-refractivity contribution is 0.0595. The molecule has 0 saturated heterocycles. The Morgan fingerprint density at radius 2 is 1.89 bits per heavy atom. The van der Waals surface area contributed by atoms with Crippen molar-refractivity contribution in [3.63, 3.8) is 0 Å². The summed E-state index contributed by atoms with van der Waals surface area (Å²) in [6.45, 7) is 0.471. The first-order chi connectivity index (χ1) is 13.6. The number of aromatic hydroxyl groups is 1. The number of nitrogens with zero attached hydrogens (tertiary/aromatic N) is 1. The maximum absolute atomic E-state index is 13.0. The monoisotopic (exact) mass is 379 g/mol. The zero-order valence-electron chi connectivity index (χ0n) is 15.6. The molecule has 0 aliphatic heterocycles. The molecule has 0 atom stereocenters. The Labute approximate surface area is 161 Å². The van der Waals surface area contributed by atoms with Crippen LogP contribution in [-0.4, -0.2) is 22.8 Å². The molecule has 6 nitrogen and oxygen atoms in total. The fraction of sp³-hybridized carbons (Fsp3) is 0.273. The first-order valence-corrected chi connectivity index (χ1v) is 9.29. The van der Waals surface area contributed by atoms with E-state index in [1.54, 1.807) is 18.2 Å². The number of aryl methyl sites for hydroxylation is 1. The number of carbonyl (C=O) groups excluding carboxylic acids is 1. The van der Waals surface area contributed by atoms with Gasteiger partial charge in [-0.25, -0.2) is 4.79 Å². The average Bonchev–Trinajstić information content (AvgIpc) is 3.53. The highest BCUT2D eigenvalue weighted by Crippen LogP contribution is 2.35. The molecule has 0 unspecified atom stereocenters. The maximum Gasteiger partial charge on any atom is 0.347 e. The van der Waals surface area contributed by atoms with Crippen molar-refractivity contribution in [2.45, 2.75) is 25.8 Å². The van der Waals surface area contributed by atoms with Crippen molar-refractivity contribution < 1.29 is 19.4 Å². The molecule has 0 radical (unpaired) electrons. The van der Waals surface area contributed by atoms with Gasteiger partial charge in [0, 0.05) is 18.0 Å². The summed E-state index contributed by atoms with van der Waals surface area (Å²) in [5.41, 5.74) is -0.346. The Kier molecular flexibility index (Phi) is 4.77. The van der Waals surface area contributed by atoms with Gasteiger partial charge < -0.3 is 19.1 Å². The number of ether oxygens (including phenoxy) is 2. The van der Waals surface area contributed by atoms with E-state index in [0.29, 0.717) is 34.9 Å². The average molecular weight is 379 g/mol. The number of hydrogen-bond donors (Lipinski definition) is 1. The minimum atomic E-state index is -0.839. The minimum Gasteiger partial charge on any atom is -0.506 e. The van der Waals surface area contributed by atoms with Gasteiger partial charge in [0.2, 0.25) is 0 Å². The standard InChI is InChI=1S/C22H21NO5/c1-27-22(26)19-20(24)17-10-9-16(28-15-5-3-2-4-6-15)13-18(17)23(21(19)25)12-11-14-7-8-14/h2-6,9-10,13-14,24H,7-8,11-12H2,1H3. The van der Waals surface area contributed by atoms with Gasteiger partial charge in [-0.2, -0.15) is 0 Å². The van der Waals surface area contributed by atoms with Crippen LogP contribution in [0.15, 0.2) is 53.3 Å². The van der Waals surface area contributed by atoms with E-state index in [2.05, 4.69) is 0 Å². The topological polar surface area (TPSA) is 77.8 Å². The van der Waals surface area contributed by atoms with Gasteiger partial charge in [-0.1, -0.05) is 31.0 Å². The SMILES string of the molecule is COC(=O)c1c(O)c2ccc(Oc3ccccc3)cc2n(CCC2CC2)c1=O. The summed E-state index contributed by atoms with van der Waals surface area (Å²) in [6.07, 6.45) is 3.18. The maximum atomic E-state index is 13.0. The highest BCUT2D eigenvalue weighted by molar-refractivity contribution is 5.99. The number of hydrogen-bond acceptors (Lipinski definition) is 5. The number of esters is 1. The number of benzene rings is 2. The second kappa shape index (κ2) is 7.38. The second-order valence-electron chi connectivity index (χ2n) is 7.00. The number of carbonyl (C=O) groups is 1. The lowest BCUT2D eigenvalue weighted by Crippen LogP contribution is -2.28. The molecule has 0 bridgehead atoms. The summed E-state index contributed by atoms with van der Waals surface area (Å²) in [5.74, 6) is 0.628. The number of para-hydroxylation sites is 1. The third kappa shape index (κ3) is 3.45. The number of aromatic nitrogens is 1. The lowest BCUT2D eigenvalue weighted by atomic mass is 10.1. The van der Waals surface area contributed by atoms with Crippen LogP contribution in [0.3, 0.4) is 0 Å². The Bertz CT molecular complexity index is 1080. The fourth-order valence-corrected chi connectivity index (χ4v) is 3.33. The van der Waals surface area contributed by atoms with E-state index in [-0.39, 0.29) is 11.3 Å². The Morgan fingerprint density at radius 1 is 1.14 bits per heavy atom. The largest absolute Gasteiger partial charge is 0.506 e. The minimum absolute atomic E-state index is 0.331. The molecule has 1 aromatic heterocycles. The predicted molar refractivity (Wildman–Crippen MR) is 105 cm³/mol. The molecule has 1 fully saturated rings. The highest BCUT2D eigenvalue weighted by Gasteiger charge is 2.25. The van der Waals surface area contributed by atoms with E-state index in [1.807, 2.05) is 30.3 Å². The van der Waals surface area contributed by atoms with E-state index in [0.717, 1.165) is 19.3 Å². The van der Waals surface area contributed by atoms with Crippen molar-refractivity contribution in [3.05, 3.63) is 64.4 Å². The van der Waals surface area contributed by atoms with Crippen LogP contribution >= 0.6 is 0 Å². The summed E-state index contributed by atoms with van der Waals surface area (Å²) >= 11 is 0. The molecule has 0 spiro atoms. The van der Waals surface area contributed by atoms with Crippen LogP contribution in [-0.2, 0) is 11.3 Å². The molecule has 1 heterocycles. The van der Waals surface area contributed by atoms with Crippen molar-refractivity contribution in [1.82, 2.24) is 4.57 Å². The first-order valence-electron chi connectivity index (χ1n) is 9.29. The molecule has 3 aromatic rings. The zero-order valence-corrected chi connectivity index (χ0v) is 15.6. The molecule has 2 aromatic carbocycles. The van der Waals surface area contributed by atoms with Gasteiger partial charge in [-0.3, -0.25) is 4.79 Å². The zero-order chi connectivity index (χ0) is 19.7. The molecule has 144 valence electrons. The predicted octanol–water partition coefficient (Wildman–Crippen LogP) is 4.09. The number of fused-ring (bicyclic) bond motifs is 1. The molecule has 1 N–H and O–H groups in total. The highest BCUT2D eigenvalue weighted by atomic mass is 16.5. The third-order valence-electron chi connectivity index (χ3n) is 5.04. The van der Waals surface area contributed by atoms with Crippen LogP contribution < -0.4 is 10.3 Å². The van der Waals surface area contributed by atoms with E-state index < -0.39 is 11.5 Å². The molecular formula is C22H21NO5. The van der Waals surface area contributed by atoms with Gasteiger partial charge in [0.25, 0.3) is 5.56 Å². The van der Waals surface area contributed by atoms with Crippen LogP contribution in [0.1, 0.15) is 29.6 Å². The van der Waals surface area contributed by atoms with E-state index in [4.69, 9.17) is 9.47 Å². The Morgan fingerprint density at radius 3 is 2.57 bits per heavy atom. The molecule has 28 heavy (non-hydrogen) atoms. The first kappa shape index (κ1) is 18.1. The van der Waals surface area contributed by atoms with E-state index in [1.165, 1.54) is 11.7 Å². The van der Waals surface area contributed by atoms with Crippen molar-refractivity contribution in [1.29, 1.82) is 0 Å². The number of pyridine rings is 1. The smallest absolute Gasteiger partial charge is 0.347 e. The fourth-order valence-electron chi connectivity index (χ4n) is 3.33. The molecule has 4 rings (SSSR count). The Hall–Kier alpha value is -3.28. The van der Waals surface area contributed by atoms with Crippen LogP contribution in [0.2, 0.25) is 0 Å². The number of rotatable bonds is 6. The quantitative estimate of drug-likeness (QED) is 0.653. The van der Waals surface area contributed by atoms with Crippen LogP contribution in [0.4, 0.5) is 0 Å². The second-order valence-corrected chi connectivity index (χ2v) is 7.00. The van der Waals surface area contributed by atoms with Gasteiger partial charge in [0.15, 0.2) is 5.56 Å². The van der Waals surface area contributed by atoms with Crippen molar-refractivity contribution in [3.8, 4) is 17.2 Å². The summed E-state index contributed by atoms with van der Waals surface area (Å²) < 4.78 is 12.1. The molecule has 0 amide bonds. The molecule has 1 saturated carbocycles. The molecule has 1 aliphatic rings. The van der Waals surface area contributed by atoms with E-state index in [9.17, 15) is 14.7 Å². The lowest BCUT2D eigenvalue weighted by Gasteiger charge is -2.15. The Balaban J connectivity index is 1.84. The van der Waals surface area contributed by atoms with Crippen LogP contribution in [0.5, 0.6) is 17.2 Å². The van der Waals surface area contributed by atoms with Crippen molar-refractivity contribution in [2.24, 2.45) is 5.92 Å². The van der Waals surface area contributed by atoms with Crippen LogP contribution in [0.25, 0.3) is 10.9 Å². The van der Waals surface area contributed by atoms with Gasteiger partial charge in [-0.15, -0.1) is 0 Å². The van der Waals surface area contributed by atoms with Gasteiger partial charge in [0.1, 0.15) is 17.2 Å². The molecular weight excluding hydrogens is 358 g/mol. The van der Waals surface area contributed by atoms with Gasteiger partial charge >= 0.3 is 5.97 Å². The van der Waals surface area contributed by atoms with Gasteiger partial charge in [-0.05, 0) is 36.6 Å². The van der Waals surface area contributed by atoms with E-state index >= 15 is 0 Å². The van der Waals surface area contributed by atoms with Crippen LogP contribution in [0, 0.1) is 5.92 Å². The number of methoxy groups -OCH3 is 1. The summed E-state index contributed by atoms with van der Waals surface area (Å²) in [6, 6.07) is 14.4. The normalized spacial score (nSPS) is 13.5. The summed E-state index contributed by atoms with van der Waals surface area (Å²) in [5, 5.41) is 11.0.